The molecule has 0 saturated heterocycles. The van der Waals surface area contributed by atoms with Crippen LogP contribution >= 0.6 is 0 Å². The first kappa shape index (κ1) is 10.4. The van der Waals surface area contributed by atoms with Gasteiger partial charge in [0.05, 0.1) is 0 Å². The summed E-state index contributed by atoms with van der Waals surface area (Å²) in [5.74, 6) is 1.34. The third-order valence-electron chi connectivity index (χ3n) is 3.25. The molecule has 1 atom stereocenters. The third kappa shape index (κ3) is 1.71. The van der Waals surface area contributed by atoms with Gasteiger partial charge in [0.25, 0.3) is 0 Å². The van der Waals surface area contributed by atoms with Crippen LogP contribution in [0.25, 0.3) is 11.0 Å². The van der Waals surface area contributed by atoms with Crippen LogP contribution in [-0.4, -0.2) is 6.10 Å². The van der Waals surface area contributed by atoms with E-state index in [1.807, 2.05) is 6.07 Å². The molecule has 0 N–H and O–H groups in total. The van der Waals surface area contributed by atoms with Crippen LogP contribution in [0.2, 0.25) is 0 Å². The molecule has 0 saturated carbocycles. The van der Waals surface area contributed by atoms with Gasteiger partial charge in [-0.1, -0.05) is 13.8 Å². The van der Waals surface area contributed by atoms with Crippen molar-refractivity contribution in [2.24, 2.45) is 5.92 Å². The summed E-state index contributed by atoms with van der Waals surface area (Å²) in [7, 11) is 0. The van der Waals surface area contributed by atoms with Gasteiger partial charge in [-0.25, -0.2) is 4.79 Å². The van der Waals surface area contributed by atoms with Gasteiger partial charge in [0, 0.05) is 23.9 Å². The van der Waals surface area contributed by atoms with Crippen molar-refractivity contribution in [1.82, 2.24) is 0 Å². The number of hydrogen-bond donors (Lipinski definition) is 0. The summed E-state index contributed by atoms with van der Waals surface area (Å²) >= 11 is 0. The van der Waals surface area contributed by atoms with Crippen LogP contribution in [0.15, 0.2) is 33.5 Å². The Bertz CT molecular complexity index is 625. The summed E-state index contributed by atoms with van der Waals surface area (Å²) in [6, 6.07) is 7.12. The van der Waals surface area contributed by atoms with E-state index in [-0.39, 0.29) is 11.7 Å². The molecule has 0 bridgehead atoms. The number of benzene rings is 1. The molecule has 0 aliphatic carbocycles. The first-order valence-corrected chi connectivity index (χ1v) is 5.87. The van der Waals surface area contributed by atoms with Crippen LogP contribution < -0.4 is 10.4 Å². The second kappa shape index (κ2) is 3.62. The monoisotopic (exact) mass is 230 g/mol. The van der Waals surface area contributed by atoms with Gasteiger partial charge in [0.1, 0.15) is 17.4 Å². The van der Waals surface area contributed by atoms with Gasteiger partial charge in [-0.3, -0.25) is 0 Å². The number of ether oxygens (including phenoxy) is 1. The van der Waals surface area contributed by atoms with Gasteiger partial charge in [-0.05, 0) is 23.6 Å². The minimum absolute atomic E-state index is 0.230. The van der Waals surface area contributed by atoms with E-state index in [0.29, 0.717) is 11.5 Å². The summed E-state index contributed by atoms with van der Waals surface area (Å²) < 4.78 is 11.0. The van der Waals surface area contributed by atoms with Crippen molar-refractivity contribution in [3.05, 3.63) is 40.2 Å². The molecular weight excluding hydrogens is 216 g/mol. The molecule has 0 fully saturated rings. The van der Waals surface area contributed by atoms with Crippen molar-refractivity contribution in [2.45, 2.75) is 26.4 Å². The van der Waals surface area contributed by atoms with Crippen LogP contribution in [0.1, 0.15) is 19.4 Å². The van der Waals surface area contributed by atoms with Crippen molar-refractivity contribution >= 4 is 11.0 Å². The van der Waals surface area contributed by atoms with Gasteiger partial charge in [0.2, 0.25) is 0 Å². The Morgan fingerprint density at radius 1 is 1.29 bits per heavy atom. The predicted molar refractivity (Wildman–Crippen MR) is 65.4 cm³/mol. The summed E-state index contributed by atoms with van der Waals surface area (Å²) in [6.07, 6.45) is 1.16. The van der Waals surface area contributed by atoms with E-state index in [1.165, 1.54) is 11.6 Å². The third-order valence-corrected chi connectivity index (χ3v) is 3.25. The number of fused-ring (bicyclic) bond motifs is 2. The van der Waals surface area contributed by atoms with Gasteiger partial charge in [0.15, 0.2) is 0 Å². The molecule has 2 heterocycles. The first-order chi connectivity index (χ1) is 8.13. The molecule has 3 rings (SSSR count). The lowest BCUT2D eigenvalue weighted by atomic mass is 10.0. The van der Waals surface area contributed by atoms with Crippen LogP contribution in [0.5, 0.6) is 5.75 Å². The maximum absolute atomic E-state index is 11.1. The summed E-state index contributed by atoms with van der Waals surface area (Å²) in [5, 5.41) is 0.955. The van der Waals surface area contributed by atoms with Gasteiger partial charge >= 0.3 is 5.63 Å². The zero-order valence-corrected chi connectivity index (χ0v) is 9.90. The highest BCUT2D eigenvalue weighted by Gasteiger charge is 2.26. The molecule has 3 heteroatoms. The normalized spacial score (nSPS) is 18.4. The van der Waals surface area contributed by atoms with E-state index in [9.17, 15) is 4.79 Å². The summed E-state index contributed by atoms with van der Waals surface area (Å²) in [5.41, 5.74) is 1.47. The largest absolute Gasteiger partial charge is 0.489 e. The van der Waals surface area contributed by atoms with E-state index in [2.05, 4.69) is 19.9 Å². The smallest absolute Gasteiger partial charge is 0.336 e. The number of hydrogen-bond acceptors (Lipinski definition) is 3. The lowest BCUT2D eigenvalue weighted by molar-refractivity contribution is 0.179. The Kier molecular flexibility index (Phi) is 2.21. The Morgan fingerprint density at radius 3 is 2.88 bits per heavy atom. The second-order valence-electron chi connectivity index (χ2n) is 4.86. The zero-order chi connectivity index (χ0) is 12.0. The lowest BCUT2D eigenvalue weighted by Crippen LogP contribution is -2.19. The zero-order valence-electron chi connectivity index (χ0n) is 9.90. The molecule has 88 valence electrons. The van der Waals surface area contributed by atoms with E-state index in [0.717, 1.165) is 17.6 Å². The summed E-state index contributed by atoms with van der Waals surface area (Å²) in [6.45, 7) is 4.30. The lowest BCUT2D eigenvalue weighted by Gasteiger charge is -2.13. The van der Waals surface area contributed by atoms with Crippen LogP contribution in [-0.2, 0) is 6.42 Å². The van der Waals surface area contributed by atoms with Crippen molar-refractivity contribution in [1.29, 1.82) is 0 Å². The highest BCUT2D eigenvalue weighted by molar-refractivity contribution is 5.79. The molecule has 0 radical (unpaired) electrons. The molecule has 1 aromatic carbocycles. The minimum atomic E-state index is -0.323. The molecule has 3 nitrogen and oxygen atoms in total. The Balaban J connectivity index is 2.12. The molecule has 17 heavy (non-hydrogen) atoms. The molecule has 1 aromatic heterocycles. The van der Waals surface area contributed by atoms with Gasteiger partial charge < -0.3 is 9.15 Å². The molecule has 1 aliphatic rings. The average Bonchev–Trinajstić information content (AvgIpc) is 2.68. The second-order valence-corrected chi connectivity index (χ2v) is 4.86. The van der Waals surface area contributed by atoms with E-state index >= 15 is 0 Å². The average molecular weight is 230 g/mol. The molecule has 0 amide bonds. The molecule has 0 spiro atoms. The van der Waals surface area contributed by atoms with Crippen LogP contribution in [0.3, 0.4) is 0 Å². The summed E-state index contributed by atoms with van der Waals surface area (Å²) in [4.78, 5) is 11.1. The topological polar surface area (TPSA) is 39.4 Å². The number of rotatable bonds is 1. The van der Waals surface area contributed by atoms with E-state index < -0.39 is 0 Å². The highest BCUT2D eigenvalue weighted by atomic mass is 16.5. The Labute approximate surface area is 99.0 Å². The predicted octanol–water partition coefficient (Wildman–Crippen LogP) is 2.75. The fraction of sp³-hybridized carbons (Fsp3) is 0.357. The Morgan fingerprint density at radius 2 is 2.12 bits per heavy atom. The van der Waals surface area contributed by atoms with Crippen molar-refractivity contribution in [3.8, 4) is 5.75 Å². The quantitative estimate of drug-likeness (QED) is 0.707. The van der Waals surface area contributed by atoms with E-state index in [4.69, 9.17) is 9.15 Å². The van der Waals surface area contributed by atoms with Gasteiger partial charge in [-0.2, -0.15) is 0 Å². The fourth-order valence-electron chi connectivity index (χ4n) is 2.21. The van der Waals surface area contributed by atoms with Gasteiger partial charge in [-0.15, -0.1) is 0 Å². The Hall–Kier alpha value is -1.77. The van der Waals surface area contributed by atoms with Crippen LogP contribution in [0, 0.1) is 5.92 Å². The minimum Gasteiger partial charge on any atom is -0.489 e. The molecule has 2 aromatic rings. The van der Waals surface area contributed by atoms with Crippen molar-refractivity contribution in [2.75, 3.05) is 0 Å². The fourth-order valence-corrected chi connectivity index (χ4v) is 2.21. The van der Waals surface area contributed by atoms with Crippen molar-refractivity contribution in [3.63, 3.8) is 0 Å². The van der Waals surface area contributed by atoms with Crippen molar-refractivity contribution < 1.29 is 9.15 Å². The SMILES string of the molecule is CC(C)[C@@H]1Cc2cc3ccc(=O)oc3cc2O1. The highest BCUT2D eigenvalue weighted by Crippen LogP contribution is 2.34. The molecular formula is C14H14O3. The first-order valence-electron chi connectivity index (χ1n) is 5.87. The van der Waals surface area contributed by atoms with E-state index in [1.54, 1.807) is 6.07 Å². The van der Waals surface area contributed by atoms with Crippen LogP contribution in [0.4, 0.5) is 0 Å². The standard InChI is InChI=1S/C14H14O3/c1-8(2)11-6-10-5-9-3-4-14(15)17-12(9)7-13(10)16-11/h3-5,7-8,11H,6H2,1-2H3/t11-/m0/s1. The molecule has 1 aliphatic heterocycles. The molecule has 0 unspecified atom stereocenters. The maximum atomic E-state index is 11.1. The maximum Gasteiger partial charge on any atom is 0.336 e.